The van der Waals surface area contributed by atoms with E-state index in [1.165, 1.54) is 17.3 Å². The van der Waals surface area contributed by atoms with Crippen LogP contribution in [0.4, 0.5) is 0 Å². The van der Waals surface area contributed by atoms with E-state index in [4.69, 9.17) is 0 Å². The standard InChI is InChI=1S/C18H16N6S/c1-2-10-24-15(11-13-6-4-3-5-7-13)22-23-18(24)25-17-14-8-9-19-16(14)20-12-21-17/h2-9,12H,1,10-11H2,(H,19,20,21). The molecule has 6 nitrogen and oxygen atoms in total. The molecule has 3 aromatic heterocycles. The zero-order chi connectivity index (χ0) is 17.1. The molecule has 0 saturated heterocycles. The van der Waals surface area contributed by atoms with Gasteiger partial charge in [-0.1, -0.05) is 36.4 Å². The highest BCUT2D eigenvalue weighted by Crippen LogP contribution is 2.30. The van der Waals surface area contributed by atoms with E-state index in [2.05, 4.69) is 48.4 Å². The smallest absolute Gasteiger partial charge is 0.197 e. The summed E-state index contributed by atoms with van der Waals surface area (Å²) >= 11 is 1.49. The normalized spacial score (nSPS) is 11.0. The van der Waals surface area contributed by atoms with Crippen LogP contribution < -0.4 is 0 Å². The van der Waals surface area contributed by atoms with E-state index in [1.807, 2.05) is 36.5 Å². The summed E-state index contributed by atoms with van der Waals surface area (Å²) in [4.78, 5) is 11.7. The Morgan fingerprint density at radius 1 is 1.12 bits per heavy atom. The first-order valence-electron chi connectivity index (χ1n) is 7.88. The predicted octanol–water partition coefficient (Wildman–Crippen LogP) is 3.48. The number of nitrogens with zero attached hydrogens (tertiary/aromatic N) is 5. The summed E-state index contributed by atoms with van der Waals surface area (Å²) in [5, 5.41) is 11.4. The summed E-state index contributed by atoms with van der Waals surface area (Å²) in [6.45, 7) is 4.51. The van der Waals surface area contributed by atoms with Crippen LogP contribution in [0, 0.1) is 0 Å². The predicted molar refractivity (Wildman–Crippen MR) is 97.5 cm³/mol. The average Bonchev–Trinajstić information content (AvgIpc) is 3.25. The zero-order valence-corrected chi connectivity index (χ0v) is 14.3. The number of allylic oxidation sites excluding steroid dienone is 1. The minimum Gasteiger partial charge on any atom is -0.346 e. The summed E-state index contributed by atoms with van der Waals surface area (Å²) < 4.78 is 2.07. The highest BCUT2D eigenvalue weighted by molar-refractivity contribution is 7.99. The summed E-state index contributed by atoms with van der Waals surface area (Å²) in [5.74, 6) is 0.910. The SMILES string of the molecule is C=CCn1c(Cc2ccccc2)nnc1Sc1ncnc2[nH]ccc12. The van der Waals surface area contributed by atoms with Crippen LogP contribution in [0.15, 0.2) is 71.8 Å². The highest BCUT2D eigenvalue weighted by Gasteiger charge is 2.15. The molecular formula is C18H16N6S. The molecule has 0 spiro atoms. The molecule has 0 saturated carbocycles. The Morgan fingerprint density at radius 2 is 2.00 bits per heavy atom. The van der Waals surface area contributed by atoms with Gasteiger partial charge in [-0.15, -0.1) is 16.8 Å². The summed E-state index contributed by atoms with van der Waals surface area (Å²) in [7, 11) is 0. The number of hydrogen-bond donors (Lipinski definition) is 1. The minimum absolute atomic E-state index is 0.652. The first kappa shape index (κ1) is 15.6. The second kappa shape index (κ2) is 6.90. The number of nitrogens with one attached hydrogen (secondary N) is 1. The number of H-pyrrole nitrogens is 1. The molecule has 4 rings (SSSR count). The van der Waals surface area contributed by atoms with Gasteiger partial charge in [0.25, 0.3) is 0 Å². The van der Waals surface area contributed by atoms with Gasteiger partial charge in [0, 0.05) is 19.2 Å². The van der Waals surface area contributed by atoms with Crippen LogP contribution in [0.5, 0.6) is 0 Å². The van der Waals surface area contributed by atoms with Crippen LogP contribution >= 0.6 is 11.8 Å². The maximum absolute atomic E-state index is 4.39. The largest absolute Gasteiger partial charge is 0.346 e. The van der Waals surface area contributed by atoms with Crippen molar-refractivity contribution in [1.29, 1.82) is 0 Å². The van der Waals surface area contributed by atoms with Gasteiger partial charge in [0.1, 0.15) is 22.8 Å². The molecule has 0 fully saturated rings. The fourth-order valence-corrected chi connectivity index (χ4v) is 3.55. The second-order valence-corrected chi connectivity index (χ2v) is 6.44. The highest BCUT2D eigenvalue weighted by atomic mass is 32.2. The van der Waals surface area contributed by atoms with Gasteiger partial charge in [-0.05, 0) is 23.4 Å². The van der Waals surface area contributed by atoms with Crippen molar-refractivity contribution in [3.63, 3.8) is 0 Å². The van der Waals surface area contributed by atoms with Gasteiger partial charge in [0.2, 0.25) is 0 Å². The van der Waals surface area contributed by atoms with E-state index in [-0.39, 0.29) is 0 Å². The van der Waals surface area contributed by atoms with E-state index >= 15 is 0 Å². The lowest BCUT2D eigenvalue weighted by Gasteiger charge is -2.07. The summed E-state index contributed by atoms with van der Waals surface area (Å²) in [6, 6.07) is 12.2. The topological polar surface area (TPSA) is 72.3 Å². The van der Waals surface area contributed by atoms with E-state index in [1.54, 1.807) is 6.33 Å². The quantitative estimate of drug-likeness (QED) is 0.427. The number of benzene rings is 1. The molecule has 124 valence electrons. The Hall–Kier alpha value is -2.93. The molecule has 0 bridgehead atoms. The second-order valence-electron chi connectivity index (χ2n) is 5.48. The Bertz CT molecular complexity index is 1000. The lowest BCUT2D eigenvalue weighted by atomic mass is 10.1. The van der Waals surface area contributed by atoms with Crippen LogP contribution in [-0.2, 0) is 13.0 Å². The van der Waals surface area contributed by atoms with E-state index in [0.717, 1.165) is 33.5 Å². The molecule has 0 amide bonds. The van der Waals surface area contributed by atoms with Crippen molar-refractivity contribution >= 4 is 22.8 Å². The number of aromatic amines is 1. The average molecular weight is 348 g/mol. The molecule has 0 radical (unpaired) electrons. The zero-order valence-electron chi connectivity index (χ0n) is 13.5. The van der Waals surface area contributed by atoms with E-state index in [0.29, 0.717) is 6.54 Å². The van der Waals surface area contributed by atoms with Crippen molar-refractivity contribution in [3.8, 4) is 0 Å². The van der Waals surface area contributed by atoms with Gasteiger partial charge in [0.15, 0.2) is 5.16 Å². The van der Waals surface area contributed by atoms with E-state index in [9.17, 15) is 0 Å². The Labute approximate surface area is 149 Å². The number of fused-ring (bicyclic) bond motifs is 1. The monoisotopic (exact) mass is 348 g/mol. The molecule has 7 heteroatoms. The van der Waals surface area contributed by atoms with Gasteiger partial charge in [-0.25, -0.2) is 9.97 Å². The molecule has 1 N–H and O–H groups in total. The van der Waals surface area contributed by atoms with Crippen molar-refractivity contribution in [2.45, 2.75) is 23.1 Å². The molecule has 0 atom stereocenters. The maximum Gasteiger partial charge on any atom is 0.197 e. The first-order chi connectivity index (χ1) is 12.3. The Kier molecular flexibility index (Phi) is 4.30. The summed E-state index contributed by atoms with van der Waals surface area (Å²) in [5.41, 5.74) is 2.02. The van der Waals surface area contributed by atoms with Crippen LogP contribution in [0.1, 0.15) is 11.4 Å². The lowest BCUT2D eigenvalue weighted by Crippen LogP contribution is -2.04. The Morgan fingerprint density at radius 3 is 2.84 bits per heavy atom. The molecule has 0 aliphatic heterocycles. The van der Waals surface area contributed by atoms with Crippen LogP contribution in [0.2, 0.25) is 0 Å². The van der Waals surface area contributed by atoms with Gasteiger partial charge in [-0.3, -0.25) is 0 Å². The van der Waals surface area contributed by atoms with Crippen LogP contribution in [-0.4, -0.2) is 29.7 Å². The van der Waals surface area contributed by atoms with Crippen LogP contribution in [0.3, 0.4) is 0 Å². The molecular weight excluding hydrogens is 332 g/mol. The molecule has 0 aliphatic carbocycles. The first-order valence-corrected chi connectivity index (χ1v) is 8.69. The van der Waals surface area contributed by atoms with Gasteiger partial charge in [0.05, 0.1) is 5.39 Å². The number of hydrogen-bond acceptors (Lipinski definition) is 5. The fraction of sp³-hybridized carbons (Fsp3) is 0.111. The van der Waals surface area contributed by atoms with Gasteiger partial charge in [-0.2, -0.15) is 0 Å². The molecule has 3 heterocycles. The summed E-state index contributed by atoms with van der Waals surface area (Å²) in [6.07, 6.45) is 6.00. The molecule has 0 unspecified atom stereocenters. The molecule has 25 heavy (non-hydrogen) atoms. The van der Waals surface area contributed by atoms with Crippen molar-refractivity contribution < 1.29 is 0 Å². The fourth-order valence-electron chi connectivity index (χ4n) is 2.63. The van der Waals surface area contributed by atoms with Crippen molar-refractivity contribution in [3.05, 3.63) is 73.0 Å². The third-order valence-corrected chi connectivity index (χ3v) is 4.82. The maximum atomic E-state index is 4.39. The van der Waals surface area contributed by atoms with Crippen LogP contribution in [0.25, 0.3) is 11.0 Å². The van der Waals surface area contributed by atoms with Gasteiger partial charge < -0.3 is 9.55 Å². The van der Waals surface area contributed by atoms with E-state index < -0.39 is 0 Å². The van der Waals surface area contributed by atoms with Gasteiger partial charge >= 0.3 is 0 Å². The Balaban J connectivity index is 1.67. The van der Waals surface area contributed by atoms with Crippen molar-refractivity contribution in [1.82, 2.24) is 29.7 Å². The van der Waals surface area contributed by atoms with Crippen molar-refractivity contribution in [2.24, 2.45) is 0 Å². The minimum atomic E-state index is 0.652. The number of aromatic nitrogens is 6. The molecule has 4 aromatic rings. The third-order valence-electron chi connectivity index (χ3n) is 3.82. The third kappa shape index (κ3) is 3.18. The number of rotatable bonds is 6. The molecule has 1 aromatic carbocycles. The molecule has 0 aliphatic rings. The van der Waals surface area contributed by atoms with Crippen molar-refractivity contribution in [2.75, 3.05) is 0 Å². The lowest BCUT2D eigenvalue weighted by molar-refractivity contribution is 0.690.